The Labute approximate surface area is 329 Å². The molecule has 2 saturated heterocycles. The SMILES string of the molecule is Cc1ncsc1-c1ccc([C@H](C)NC(=O)[C@@H]2CCCN2C(=O)[C@@H](c2cc(N3CCN(Cc4cc5cc(-c6ccccc6O)nnc5[nH]4)CC3)no2)C(C)C)cc1. The standard InChI is InChI=1S/C42H47N9O4S/c1-25(2)38(42(54)51-15-7-9-34(51)41(53)44-26(3)28-11-13-29(14-12-28)39-27(4)43-24-56-39)36-22-37(48-55-36)50-18-16-49(17-19-50)23-31-20-30-21-33(46-47-40(30)45-31)32-8-5-6-10-35(32)52/h5-6,8,10-14,20-22,24-26,34,38,52H,7,9,15-19,23H2,1-4H3,(H,44,53)(H,45,47)/t26-,34-,38+/m0/s1. The molecule has 0 radical (unpaired) electrons. The number of carbonyl (C=O) groups excluding carboxylic acids is 2. The van der Waals surface area contributed by atoms with Crippen molar-refractivity contribution in [2.45, 2.75) is 65.1 Å². The highest BCUT2D eigenvalue weighted by atomic mass is 32.1. The Hall–Kier alpha value is -5.60. The summed E-state index contributed by atoms with van der Waals surface area (Å²) in [5, 5.41) is 27.5. The van der Waals surface area contributed by atoms with E-state index in [1.165, 1.54) is 0 Å². The van der Waals surface area contributed by atoms with Crippen molar-refractivity contribution in [3.63, 3.8) is 0 Å². The molecule has 0 spiro atoms. The van der Waals surface area contributed by atoms with Gasteiger partial charge in [-0.3, -0.25) is 14.5 Å². The molecule has 0 unspecified atom stereocenters. The van der Waals surface area contributed by atoms with Crippen molar-refractivity contribution < 1.29 is 19.2 Å². The van der Waals surface area contributed by atoms with E-state index < -0.39 is 12.0 Å². The topological polar surface area (TPSA) is 157 Å². The average Bonchev–Trinajstić information content (AvgIpc) is 4.03. The van der Waals surface area contributed by atoms with E-state index in [1.54, 1.807) is 28.4 Å². The van der Waals surface area contributed by atoms with Crippen LogP contribution in [0, 0.1) is 12.8 Å². The fraction of sp³-hybridized carbons (Fsp3) is 0.381. The number of likely N-dealkylation sites (tertiary alicyclic amines) is 1. The van der Waals surface area contributed by atoms with Gasteiger partial charge >= 0.3 is 0 Å². The first-order chi connectivity index (χ1) is 27.1. The van der Waals surface area contributed by atoms with Gasteiger partial charge in [0.25, 0.3) is 0 Å². The van der Waals surface area contributed by atoms with E-state index in [4.69, 9.17) is 4.52 Å². The van der Waals surface area contributed by atoms with Crippen LogP contribution < -0.4 is 10.2 Å². The number of fused-ring (bicyclic) bond motifs is 1. The summed E-state index contributed by atoms with van der Waals surface area (Å²) in [5.41, 5.74) is 7.99. The number of phenolic OH excluding ortho intramolecular Hbond substituents is 1. The van der Waals surface area contributed by atoms with Crippen molar-refractivity contribution in [1.82, 2.24) is 40.4 Å². The minimum absolute atomic E-state index is 0.0560. The predicted molar refractivity (Wildman–Crippen MR) is 216 cm³/mol. The molecule has 13 nitrogen and oxygen atoms in total. The molecule has 8 rings (SSSR count). The summed E-state index contributed by atoms with van der Waals surface area (Å²) in [4.78, 5) is 43.1. The lowest BCUT2D eigenvalue weighted by molar-refractivity contribution is -0.141. The maximum Gasteiger partial charge on any atom is 0.243 e. The highest BCUT2D eigenvalue weighted by Gasteiger charge is 2.40. The Morgan fingerprint density at radius 1 is 1.00 bits per heavy atom. The first kappa shape index (κ1) is 37.3. The number of aromatic nitrogens is 5. The second-order valence-electron chi connectivity index (χ2n) is 15.2. The van der Waals surface area contributed by atoms with Crippen LogP contribution in [0.1, 0.15) is 68.3 Å². The summed E-state index contributed by atoms with van der Waals surface area (Å²) < 4.78 is 5.90. The molecule has 14 heteroatoms. The highest BCUT2D eigenvalue weighted by molar-refractivity contribution is 7.13. The summed E-state index contributed by atoms with van der Waals surface area (Å²) in [6.45, 7) is 12.4. The number of piperazine rings is 1. The Balaban J connectivity index is 0.871. The molecule has 2 amide bonds. The third-order valence-electron chi connectivity index (χ3n) is 11.1. The van der Waals surface area contributed by atoms with Gasteiger partial charge in [0, 0.05) is 62.0 Å². The number of benzene rings is 2. The maximum atomic E-state index is 14.2. The average molecular weight is 774 g/mol. The summed E-state index contributed by atoms with van der Waals surface area (Å²) in [6, 6.07) is 20.5. The Morgan fingerprint density at radius 2 is 1.79 bits per heavy atom. The summed E-state index contributed by atoms with van der Waals surface area (Å²) >= 11 is 1.62. The van der Waals surface area contributed by atoms with Crippen molar-refractivity contribution in [3.8, 4) is 27.4 Å². The van der Waals surface area contributed by atoms with Crippen LogP contribution in [-0.4, -0.2) is 90.8 Å². The second-order valence-corrected chi connectivity index (χ2v) is 16.1. The van der Waals surface area contributed by atoms with Gasteiger partial charge in [0.05, 0.1) is 27.8 Å². The number of hydrogen-bond donors (Lipinski definition) is 3. The minimum atomic E-state index is -0.553. The predicted octanol–water partition coefficient (Wildman–Crippen LogP) is 6.68. The third-order valence-corrected chi connectivity index (χ3v) is 12.1. The van der Waals surface area contributed by atoms with E-state index in [0.717, 1.165) is 77.7 Å². The fourth-order valence-electron chi connectivity index (χ4n) is 7.96. The fourth-order valence-corrected chi connectivity index (χ4v) is 8.77. The molecule has 4 aromatic heterocycles. The van der Waals surface area contributed by atoms with Gasteiger partial charge in [0.2, 0.25) is 11.8 Å². The van der Waals surface area contributed by atoms with Gasteiger partial charge < -0.3 is 29.7 Å². The molecule has 56 heavy (non-hydrogen) atoms. The van der Waals surface area contributed by atoms with Crippen LogP contribution in [0.3, 0.4) is 0 Å². The molecule has 0 aliphatic carbocycles. The van der Waals surface area contributed by atoms with Gasteiger partial charge in [0.1, 0.15) is 17.7 Å². The van der Waals surface area contributed by atoms with Gasteiger partial charge in [-0.15, -0.1) is 21.5 Å². The number of amides is 2. The molecular formula is C42H47N9O4S. The summed E-state index contributed by atoms with van der Waals surface area (Å²) in [6.07, 6.45) is 1.39. The molecule has 2 aliphatic rings. The minimum Gasteiger partial charge on any atom is -0.507 e. The number of anilines is 1. The normalized spacial score (nSPS) is 17.5. The zero-order chi connectivity index (χ0) is 38.9. The molecule has 0 bridgehead atoms. The van der Waals surface area contributed by atoms with Crippen LogP contribution in [0.15, 0.2) is 76.8 Å². The molecule has 290 valence electrons. The van der Waals surface area contributed by atoms with Gasteiger partial charge in [-0.1, -0.05) is 55.4 Å². The Kier molecular flexibility index (Phi) is 10.6. The number of H-pyrrole nitrogens is 1. The number of nitrogens with one attached hydrogen (secondary N) is 2. The van der Waals surface area contributed by atoms with Crippen LogP contribution >= 0.6 is 11.3 Å². The van der Waals surface area contributed by atoms with Gasteiger partial charge in [-0.25, -0.2) is 4.98 Å². The number of thiazole rings is 1. The number of nitrogens with zero attached hydrogens (tertiary/aromatic N) is 7. The number of para-hydroxylation sites is 1. The van der Waals surface area contributed by atoms with E-state index in [-0.39, 0.29) is 29.5 Å². The number of rotatable bonds is 11. The molecule has 0 saturated carbocycles. The van der Waals surface area contributed by atoms with Gasteiger partial charge in [0.15, 0.2) is 17.2 Å². The largest absolute Gasteiger partial charge is 0.507 e. The van der Waals surface area contributed by atoms with Crippen LogP contribution in [-0.2, 0) is 16.1 Å². The molecule has 3 atom stereocenters. The maximum absolute atomic E-state index is 14.2. The van der Waals surface area contributed by atoms with Gasteiger partial charge in [-0.05, 0) is 68.0 Å². The lowest BCUT2D eigenvalue weighted by Crippen LogP contribution is -2.48. The third kappa shape index (κ3) is 7.63. The van der Waals surface area contributed by atoms with E-state index in [2.05, 4.69) is 58.6 Å². The van der Waals surface area contributed by atoms with Crippen molar-refractivity contribution in [1.29, 1.82) is 0 Å². The number of aryl methyl sites for hydroxylation is 1. The van der Waals surface area contributed by atoms with Crippen molar-refractivity contribution in [2.75, 3.05) is 37.6 Å². The zero-order valence-electron chi connectivity index (χ0n) is 32.1. The lowest BCUT2D eigenvalue weighted by Gasteiger charge is -2.34. The molecule has 2 fully saturated rings. The molecule has 2 aromatic carbocycles. The molecule has 2 aliphatic heterocycles. The quantitative estimate of drug-likeness (QED) is 0.130. The summed E-state index contributed by atoms with van der Waals surface area (Å²) in [7, 11) is 0. The highest BCUT2D eigenvalue weighted by Crippen LogP contribution is 2.34. The van der Waals surface area contributed by atoms with Crippen LogP contribution in [0.25, 0.3) is 32.7 Å². The van der Waals surface area contributed by atoms with Crippen LogP contribution in [0.4, 0.5) is 5.82 Å². The first-order valence-corrected chi connectivity index (χ1v) is 20.2. The van der Waals surface area contributed by atoms with Crippen LogP contribution in [0.2, 0.25) is 0 Å². The van der Waals surface area contributed by atoms with Crippen molar-refractivity contribution in [2.24, 2.45) is 5.92 Å². The zero-order valence-corrected chi connectivity index (χ0v) is 32.9. The van der Waals surface area contributed by atoms with E-state index in [0.29, 0.717) is 35.6 Å². The van der Waals surface area contributed by atoms with E-state index >= 15 is 0 Å². The second kappa shape index (κ2) is 15.9. The molecule has 3 N–H and O–H groups in total. The number of aromatic amines is 1. The number of phenols is 1. The Morgan fingerprint density at radius 3 is 2.52 bits per heavy atom. The number of carbonyl (C=O) groups is 2. The van der Waals surface area contributed by atoms with Crippen molar-refractivity contribution >= 4 is 40.0 Å². The number of aromatic hydroxyl groups is 1. The number of hydrogen-bond acceptors (Lipinski definition) is 11. The molecule has 6 heterocycles. The molecular weight excluding hydrogens is 727 g/mol. The first-order valence-electron chi connectivity index (χ1n) is 19.3. The van der Waals surface area contributed by atoms with Gasteiger partial charge in [-0.2, -0.15) is 0 Å². The van der Waals surface area contributed by atoms with E-state index in [1.807, 2.05) is 69.6 Å². The molecule has 6 aromatic rings. The smallest absolute Gasteiger partial charge is 0.243 e. The summed E-state index contributed by atoms with van der Waals surface area (Å²) in [5.74, 6) is 0.575. The lowest BCUT2D eigenvalue weighted by atomic mass is 9.91. The van der Waals surface area contributed by atoms with E-state index in [9.17, 15) is 14.7 Å². The van der Waals surface area contributed by atoms with Crippen LogP contribution in [0.5, 0.6) is 5.75 Å². The monoisotopic (exact) mass is 773 g/mol. The van der Waals surface area contributed by atoms with Crippen molar-refractivity contribution in [3.05, 3.63) is 95.0 Å². The Bertz CT molecular complexity index is 2330.